The van der Waals surface area contributed by atoms with E-state index < -0.39 is 11.9 Å². The molecule has 1 aromatic heterocycles. The third kappa shape index (κ3) is 3.98. The maximum Gasteiger partial charge on any atom is 0.355 e. The van der Waals surface area contributed by atoms with Gasteiger partial charge in [-0.2, -0.15) is 0 Å². The molecule has 7 heteroatoms. The lowest BCUT2D eigenvalue weighted by atomic mass is 10.1. The number of H-pyrrole nitrogens is 1. The van der Waals surface area contributed by atoms with Gasteiger partial charge < -0.3 is 20.2 Å². The molecule has 0 aliphatic carbocycles. The summed E-state index contributed by atoms with van der Waals surface area (Å²) in [6.07, 6.45) is 0.467. The van der Waals surface area contributed by atoms with Crippen LogP contribution in [-0.4, -0.2) is 36.7 Å². The Morgan fingerprint density at radius 1 is 1.15 bits per heavy atom. The molecule has 0 saturated carbocycles. The van der Waals surface area contributed by atoms with Gasteiger partial charge in [-0.05, 0) is 32.9 Å². The van der Waals surface area contributed by atoms with E-state index in [-0.39, 0.29) is 31.3 Å². The summed E-state index contributed by atoms with van der Waals surface area (Å²) in [5, 5.41) is 0. The molecule has 1 aromatic rings. The van der Waals surface area contributed by atoms with Crippen molar-refractivity contribution in [1.82, 2.24) is 4.98 Å². The van der Waals surface area contributed by atoms with Crippen LogP contribution in [0.2, 0.25) is 0 Å². The van der Waals surface area contributed by atoms with Crippen molar-refractivity contribution in [2.45, 2.75) is 27.2 Å². The SMILES string of the molecule is CCOC(=O)c1[nH]c(CCN)c(C(=O)OCC)c1C.Cl. The molecule has 3 N–H and O–H groups in total. The molecule has 6 nitrogen and oxygen atoms in total. The Morgan fingerprint density at radius 3 is 2.20 bits per heavy atom. The third-order valence-electron chi connectivity index (χ3n) is 2.68. The second kappa shape index (κ2) is 8.60. The molecule has 0 fully saturated rings. The zero-order valence-electron chi connectivity index (χ0n) is 11.9. The average molecular weight is 305 g/mol. The topological polar surface area (TPSA) is 94.4 Å². The minimum atomic E-state index is -0.478. The molecule has 20 heavy (non-hydrogen) atoms. The summed E-state index contributed by atoms with van der Waals surface area (Å²) in [4.78, 5) is 26.6. The third-order valence-corrected chi connectivity index (χ3v) is 2.68. The van der Waals surface area contributed by atoms with E-state index in [9.17, 15) is 9.59 Å². The smallest absolute Gasteiger partial charge is 0.355 e. The molecule has 0 aromatic carbocycles. The van der Waals surface area contributed by atoms with Crippen LogP contribution in [0.5, 0.6) is 0 Å². The first-order chi connectivity index (χ1) is 9.06. The molecule has 0 amide bonds. The first-order valence-electron chi connectivity index (χ1n) is 6.32. The number of rotatable bonds is 6. The molecular formula is C13H21ClN2O4. The number of esters is 2. The van der Waals surface area contributed by atoms with E-state index in [2.05, 4.69) is 4.98 Å². The van der Waals surface area contributed by atoms with Crippen molar-refractivity contribution in [1.29, 1.82) is 0 Å². The number of ether oxygens (including phenoxy) is 2. The first kappa shape index (κ1) is 18.5. The number of hydrogen-bond acceptors (Lipinski definition) is 5. The van der Waals surface area contributed by atoms with Gasteiger partial charge >= 0.3 is 11.9 Å². The van der Waals surface area contributed by atoms with Gasteiger partial charge in [0.05, 0.1) is 18.8 Å². The van der Waals surface area contributed by atoms with Crippen LogP contribution < -0.4 is 5.73 Å². The van der Waals surface area contributed by atoms with Crippen LogP contribution in [0.4, 0.5) is 0 Å². The maximum absolute atomic E-state index is 11.9. The molecular weight excluding hydrogens is 284 g/mol. The molecule has 0 radical (unpaired) electrons. The van der Waals surface area contributed by atoms with Gasteiger partial charge in [-0.1, -0.05) is 0 Å². The van der Waals surface area contributed by atoms with Gasteiger partial charge in [0.2, 0.25) is 0 Å². The molecule has 0 bridgehead atoms. The summed E-state index contributed by atoms with van der Waals surface area (Å²) in [6, 6.07) is 0. The van der Waals surface area contributed by atoms with E-state index in [4.69, 9.17) is 15.2 Å². The van der Waals surface area contributed by atoms with E-state index in [1.807, 2.05) is 0 Å². The Kier molecular flexibility index (Phi) is 7.94. The lowest BCUT2D eigenvalue weighted by molar-refractivity contribution is 0.0517. The number of nitrogens with one attached hydrogen (secondary N) is 1. The Labute approximate surface area is 124 Å². The summed E-state index contributed by atoms with van der Waals surface area (Å²) >= 11 is 0. The van der Waals surface area contributed by atoms with Gasteiger partial charge in [0.1, 0.15) is 5.69 Å². The highest BCUT2D eigenvalue weighted by atomic mass is 35.5. The van der Waals surface area contributed by atoms with E-state index >= 15 is 0 Å². The number of halogens is 1. The normalized spacial score (nSPS) is 9.80. The van der Waals surface area contributed by atoms with E-state index in [0.29, 0.717) is 29.8 Å². The lowest BCUT2D eigenvalue weighted by Gasteiger charge is -2.04. The van der Waals surface area contributed by atoms with E-state index in [1.165, 1.54) is 0 Å². The summed E-state index contributed by atoms with van der Waals surface area (Å²) in [5.41, 5.74) is 7.33. The minimum absolute atomic E-state index is 0. The quantitative estimate of drug-likeness (QED) is 0.778. The fourth-order valence-corrected chi connectivity index (χ4v) is 1.88. The molecule has 114 valence electrons. The maximum atomic E-state index is 11.9. The molecule has 0 atom stereocenters. The number of carbonyl (C=O) groups excluding carboxylic acids is 2. The van der Waals surface area contributed by atoms with Crippen molar-refractivity contribution in [2.24, 2.45) is 5.73 Å². The fraction of sp³-hybridized carbons (Fsp3) is 0.538. The van der Waals surface area contributed by atoms with Crippen molar-refractivity contribution >= 4 is 24.3 Å². The Bertz CT molecular complexity index is 471. The van der Waals surface area contributed by atoms with Gasteiger partial charge in [0.25, 0.3) is 0 Å². The molecule has 0 aliphatic rings. The molecule has 0 spiro atoms. The fourth-order valence-electron chi connectivity index (χ4n) is 1.88. The highest BCUT2D eigenvalue weighted by Crippen LogP contribution is 2.21. The van der Waals surface area contributed by atoms with Crippen LogP contribution in [0, 0.1) is 6.92 Å². The van der Waals surface area contributed by atoms with Crippen LogP contribution in [0.3, 0.4) is 0 Å². The van der Waals surface area contributed by atoms with Gasteiger partial charge in [-0.3, -0.25) is 0 Å². The number of aromatic nitrogens is 1. The number of carbonyl (C=O) groups is 2. The molecule has 1 heterocycles. The average Bonchev–Trinajstić information content (AvgIpc) is 2.67. The summed E-state index contributed by atoms with van der Waals surface area (Å²) in [7, 11) is 0. The van der Waals surface area contributed by atoms with Crippen LogP contribution in [-0.2, 0) is 15.9 Å². The summed E-state index contributed by atoms with van der Waals surface area (Å²) in [6.45, 7) is 6.07. The molecule has 0 saturated heterocycles. The van der Waals surface area contributed by atoms with Crippen LogP contribution in [0.1, 0.15) is 46.0 Å². The first-order valence-corrected chi connectivity index (χ1v) is 6.32. The minimum Gasteiger partial charge on any atom is -0.462 e. The van der Waals surface area contributed by atoms with E-state index in [1.54, 1.807) is 20.8 Å². The number of nitrogens with two attached hydrogens (primary N) is 1. The molecule has 1 rings (SSSR count). The van der Waals surface area contributed by atoms with Gasteiger partial charge in [0, 0.05) is 12.1 Å². The van der Waals surface area contributed by atoms with Crippen molar-refractivity contribution in [3.05, 3.63) is 22.5 Å². The summed E-state index contributed by atoms with van der Waals surface area (Å²) in [5.74, 6) is -0.927. The predicted octanol–water partition coefficient (Wildman–Crippen LogP) is 1.60. The standard InChI is InChI=1S/C13H20N2O4.ClH/c1-4-18-12(16)10-8(3)11(13(17)19-5-2)15-9(10)6-7-14;/h15H,4-7,14H2,1-3H3;1H. The van der Waals surface area contributed by atoms with Crippen LogP contribution in [0.15, 0.2) is 0 Å². The van der Waals surface area contributed by atoms with Crippen molar-refractivity contribution in [2.75, 3.05) is 19.8 Å². The Morgan fingerprint density at radius 2 is 1.70 bits per heavy atom. The monoisotopic (exact) mass is 304 g/mol. The number of aromatic amines is 1. The summed E-state index contributed by atoms with van der Waals surface area (Å²) < 4.78 is 9.94. The highest BCUT2D eigenvalue weighted by molar-refractivity contribution is 5.98. The molecule has 0 unspecified atom stereocenters. The van der Waals surface area contributed by atoms with Crippen LogP contribution in [0.25, 0.3) is 0 Å². The van der Waals surface area contributed by atoms with Gasteiger partial charge in [0.15, 0.2) is 0 Å². The number of hydrogen-bond donors (Lipinski definition) is 2. The second-order valence-corrected chi connectivity index (χ2v) is 3.96. The van der Waals surface area contributed by atoms with Crippen molar-refractivity contribution in [3.63, 3.8) is 0 Å². The second-order valence-electron chi connectivity index (χ2n) is 3.96. The highest BCUT2D eigenvalue weighted by Gasteiger charge is 2.24. The van der Waals surface area contributed by atoms with Gasteiger partial charge in [-0.25, -0.2) is 9.59 Å². The zero-order valence-corrected chi connectivity index (χ0v) is 12.8. The van der Waals surface area contributed by atoms with Crippen LogP contribution >= 0.6 is 12.4 Å². The Hall–Kier alpha value is -1.53. The molecule has 0 aliphatic heterocycles. The lowest BCUT2D eigenvalue weighted by Crippen LogP contribution is -2.11. The largest absolute Gasteiger partial charge is 0.462 e. The predicted molar refractivity (Wildman–Crippen MR) is 77.4 cm³/mol. The Balaban J connectivity index is 0.00000361. The van der Waals surface area contributed by atoms with Crippen molar-refractivity contribution < 1.29 is 19.1 Å². The van der Waals surface area contributed by atoms with E-state index in [0.717, 1.165) is 0 Å². The zero-order chi connectivity index (χ0) is 14.4. The van der Waals surface area contributed by atoms with Crippen molar-refractivity contribution in [3.8, 4) is 0 Å². The van der Waals surface area contributed by atoms with Gasteiger partial charge in [-0.15, -0.1) is 12.4 Å².